The highest BCUT2D eigenvalue weighted by Crippen LogP contribution is 2.17. The molecule has 0 radical (unpaired) electrons. The van der Waals surface area contributed by atoms with Gasteiger partial charge in [-0.1, -0.05) is 6.07 Å². The number of pyridine rings is 1. The molecule has 0 saturated carbocycles. The molecule has 1 aliphatic rings. The molecule has 4 heteroatoms. The zero-order valence-corrected chi connectivity index (χ0v) is 12.2. The maximum atomic E-state index is 5.05. The van der Waals surface area contributed by atoms with E-state index in [1.54, 1.807) is 7.11 Å². The fourth-order valence-electron chi connectivity index (χ4n) is 2.56. The molecule has 0 aliphatic carbocycles. The molecule has 0 aromatic carbocycles. The number of methoxy groups -OCH3 is 1. The Bertz CT molecular complexity index is 377. The summed E-state index contributed by atoms with van der Waals surface area (Å²) in [4.78, 5) is 6.77. The highest BCUT2D eigenvalue weighted by atomic mass is 16.5. The van der Waals surface area contributed by atoms with Gasteiger partial charge in [-0.25, -0.2) is 4.98 Å². The molecule has 1 atom stereocenters. The van der Waals surface area contributed by atoms with Gasteiger partial charge in [0.15, 0.2) is 0 Å². The van der Waals surface area contributed by atoms with Crippen molar-refractivity contribution >= 4 is 0 Å². The van der Waals surface area contributed by atoms with Crippen molar-refractivity contribution in [3.8, 4) is 5.88 Å². The predicted molar refractivity (Wildman–Crippen MR) is 77.3 cm³/mol. The van der Waals surface area contributed by atoms with Crippen molar-refractivity contribution in [1.29, 1.82) is 0 Å². The summed E-state index contributed by atoms with van der Waals surface area (Å²) in [6.45, 7) is 9.00. The van der Waals surface area contributed by atoms with Gasteiger partial charge in [0, 0.05) is 31.4 Å². The fourth-order valence-corrected chi connectivity index (χ4v) is 2.56. The maximum absolute atomic E-state index is 5.05. The molecule has 19 heavy (non-hydrogen) atoms. The Morgan fingerprint density at radius 1 is 1.47 bits per heavy atom. The van der Waals surface area contributed by atoms with Crippen molar-refractivity contribution in [3.05, 3.63) is 23.9 Å². The number of likely N-dealkylation sites (tertiary alicyclic amines) is 1. The molecule has 0 bridgehead atoms. The highest BCUT2D eigenvalue weighted by molar-refractivity contribution is 5.17. The summed E-state index contributed by atoms with van der Waals surface area (Å²) >= 11 is 0. The number of aromatic nitrogens is 1. The molecule has 1 saturated heterocycles. The lowest BCUT2D eigenvalue weighted by Gasteiger charge is -2.20. The number of hydrogen-bond donors (Lipinski definition) is 1. The van der Waals surface area contributed by atoms with Crippen LogP contribution >= 0.6 is 0 Å². The van der Waals surface area contributed by atoms with E-state index in [2.05, 4.69) is 35.1 Å². The third-order valence-corrected chi connectivity index (χ3v) is 3.82. The van der Waals surface area contributed by atoms with E-state index in [4.69, 9.17) is 4.74 Å². The lowest BCUT2D eigenvalue weighted by atomic mass is 10.1. The Balaban J connectivity index is 1.69. The minimum atomic E-state index is 0.673. The Kier molecular flexibility index (Phi) is 5.16. The largest absolute Gasteiger partial charge is 0.481 e. The number of nitrogens with zero attached hydrogens (tertiary/aromatic N) is 2. The Morgan fingerprint density at radius 2 is 2.32 bits per heavy atom. The van der Waals surface area contributed by atoms with E-state index in [0.717, 1.165) is 19.0 Å². The third-order valence-electron chi connectivity index (χ3n) is 3.82. The molecule has 1 fully saturated rings. The Morgan fingerprint density at radius 3 is 2.89 bits per heavy atom. The van der Waals surface area contributed by atoms with Crippen LogP contribution in [0.5, 0.6) is 5.88 Å². The van der Waals surface area contributed by atoms with Crippen LogP contribution < -0.4 is 10.1 Å². The second kappa shape index (κ2) is 6.87. The van der Waals surface area contributed by atoms with Crippen molar-refractivity contribution in [2.24, 2.45) is 5.92 Å². The van der Waals surface area contributed by atoms with Gasteiger partial charge >= 0.3 is 0 Å². The number of ether oxygens (including phenoxy) is 1. The average Bonchev–Trinajstić information content (AvgIpc) is 2.89. The molecule has 106 valence electrons. The summed E-state index contributed by atoms with van der Waals surface area (Å²) in [5, 5.41) is 3.53. The van der Waals surface area contributed by atoms with Crippen LogP contribution in [0.15, 0.2) is 18.3 Å². The van der Waals surface area contributed by atoms with Crippen LogP contribution in [0.1, 0.15) is 25.8 Å². The molecule has 1 aromatic heterocycles. The zero-order chi connectivity index (χ0) is 13.7. The summed E-state index contributed by atoms with van der Waals surface area (Å²) in [5.74, 6) is 1.46. The Hall–Kier alpha value is -1.13. The SMILES string of the molecule is COc1ccc(CNCC2CCN(C(C)C)C2)cn1. The van der Waals surface area contributed by atoms with Crippen LogP contribution in [-0.4, -0.2) is 42.7 Å². The van der Waals surface area contributed by atoms with Gasteiger partial charge in [0.05, 0.1) is 7.11 Å². The summed E-state index contributed by atoms with van der Waals surface area (Å²) in [5.41, 5.74) is 1.21. The zero-order valence-electron chi connectivity index (χ0n) is 12.2. The maximum Gasteiger partial charge on any atom is 0.212 e. The molecule has 4 nitrogen and oxygen atoms in total. The van der Waals surface area contributed by atoms with E-state index in [1.165, 1.54) is 25.1 Å². The van der Waals surface area contributed by atoms with E-state index in [-0.39, 0.29) is 0 Å². The Labute approximate surface area is 116 Å². The summed E-state index contributed by atoms with van der Waals surface area (Å²) in [6, 6.07) is 4.65. The molecule has 1 N–H and O–H groups in total. The lowest BCUT2D eigenvalue weighted by Crippen LogP contribution is -2.30. The molecule has 1 aromatic rings. The second-order valence-electron chi connectivity index (χ2n) is 5.58. The molecule has 2 rings (SSSR count). The average molecular weight is 263 g/mol. The van der Waals surface area contributed by atoms with Gasteiger partial charge in [0.1, 0.15) is 0 Å². The van der Waals surface area contributed by atoms with E-state index < -0.39 is 0 Å². The van der Waals surface area contributed by atoms with Gasteiger partial charge in [-0.05, 0) is 44.8 Å². The smallest absolute Gasteiger partial charge is 0.212 e. The molecule has 0 amide bonds. The van der Waals surface area contributed by atoms with Crippen LogP contribution in [0.3, 0.4) is 0 Å². The second-order valence-corrected chi connectivity index (χ2v) is 5.58. The quantitative estimate of drug-likeness (QED) is 0.851. The first-order chi connectivity index (χ1) is 9.19. The monoisotopic (exact) mass is 263 g/mol. The van der Waals surface area contributed by atoms with Crippen LogP contribution in [0.2, 0.25) is 0 Å². The first-order valence-corrected chi connectivity index (χ1v) is 7.12. The van der Waals surface area contributed by atoms with Gasteiger partial charge in [-0.15, -0.1) is 0 Å². The first-order valence-electron chi connectivity index (χ1n) is 7.12. The van der Waals surface area contributed by atoms with Gasteiger partial charge in [-0.3, -0.25) is 0 Å². The van der Waals surface area contributed by atoms with E-state index in [1.807, 2.05) is 12.3 Å². The molecule has 1 aliphatic heterocycles. The summed E-state index contributed by atoms with van der Waals surface area (Å²) in [6.07, 6.45) is 3.19. The van der Waals surface area contributed by atoms with Crippen molar-refractivity contribution in [3.63, 3.8) is 0 Å². The molecule has 2 heterocycles. The van der Waals surface area contributed by atoms with Gasteiger partial charge < -0.3 is 15.0 Å². The molecular formula is C15H25N3O. The van der Waals surface area contributed by atoms with E-state index in [0.29, 0.717) is 11.9 Å². The minimum absolute atomic E-state index is 0.673. The first kappa shape index (κ1) is 14.3. The number of nitrogens with one attached hydrogen (secondary N) is 1. The van der Waals surface area contributed by atoms with E-state index in [9.17, 15) is 0 Å². The van der Waals surface area contributed by atoms with Crippen LogP contribution in [-0.2, 0) is 6.54 Å². The van der Waals surface area contributed by atoms with Crippen molar-refractivity contribution < 1.29 is 4.74 Å². The number of hydrogen-bond acceptors (Lipinski definition) is 4. The van der Waals surface area contributed by atoms with Gasteiger partial charge in [0.2, 0.25) is 5.88 Å². The third kappa shape index (κ3) is 4.18. The van der Waals surface area contributed by atoms with Crippen LogP contribution in [0.25, 0.3) is 0 Å². The van der Waals surface area contributed by atoms with Crippen molar-refractivity contribution in [2.75, 3.05) is 26.7 Å². The van der Waals surface area contributed by atoms with E-state index >= 15 is 0 Å². The van der Waals surface area contributed by atoms with Crippen LogP contribution in [0, 0.1) is 5.92 Å². The van der Waals surface area contributed by atoms with Crippen LogP contribution in [0.4, 0.5) is 0 Å². The van der Waals surface area contributed by atoms with Crippen molar-refractivity contribution in [1.82, 2.24) is 15.2 Å². The molecule has 1 unspecified atom stereocenters. The molecule has 0 spiro atoms. The molecular weight excluding hydrogens is 238 g/mol. The number of rotatable bonds is 6. The highest BCUT2D eigenvalue weighted by Gasteiger charge is 2.23. The normalized spacial score (nSPS) is 20.1. The lowest BCUT2D eigenvalue weighted by molar-refractivity contribution is 0.264. The van der Waals surface area contributed by atoms with Gasteiger partial charge in [-0.2, -0.15) is 0 Å². The van der Waals surface area contributed by atoms with Crippen molar-refractivity contribution in [2.45, 2.75) is 32.9 Å². The van der Waals surface area contributed by atoms with Gasteiger partial charge in [0.25, 0.3) is 0 Å². The predicted octanol–water partition coefficient (Wildman–Crippen LogP) is 1.91. The fraction of sp³-hybridized carbons (Fsp3) is 0.667. The standard InChI is InChI=1S/C15H25N3O/c1-12(2)18-7-6-14(11-18)9-16-8-13-4-5-15(19-3)17-10-13/h4-5,10,12,14,16H,6-9,11H2,1-3H3. The minimum Gasteiger partial charge on any atom is -0.481 e. The summed E-state index contributed by atoms with van der Waals surface area (Å²) < 4.78 is 5.05. The summed E-state index contributed by atoms with van der Waals surface area (Å²) in [7, 11) is 1.64. The topological polar surface area (TPSA) is 37.4 Å².